The lowest BCUT2D eigenvalue weighted by atomic mass is 9.94. The number of aryl methyl sites for hydroxylation is 2. The number of amides is 2. The van der Waals surface area contributed by atoms with Crippen molar-refractivity contribution in [3.63, 3.8) is 0 Å². The molecule has 7 heteroatoms. The van der Waals surface area contributed by atoms with Gasteiger partial charge in [0.15, 0.2) is 0 Å². The first kappa shape index (κ1) is 22.3. The van der Waals surface area contributed by atoms with Crippen LogP contribution in [-0.4, -0.2) is 28.7 Å². The average molecular weight is 454 g/mol. The smallest absolute Gasteiger partial charge is 0.248 e. The highest BCUT2D eigenvalue weighted by Gasteiger charge is 2.34. The van der Waals surface area contributed by atoms with Crippen molar-refractivity contribution in [2.24, 2.45) is 0 Å². The van der Waals surface area contributed by atoms with E-state index in [-0.39, 0.29) is 23.7 Å². The van der Waals surface area contributed by atoms with Crippen molar-refractivity contribution in [1.82, 2.24) is 10.3 Å². The lowest BCUT2D eigenvalue weighted by molar-refractivity contribution is -0.126. The highest BCUT2D eigenvalue weighted by molar-refractivity contribution is 6.30. The molecule has 3 aromatic rings. The van der Waals surface area contributed by atoms with E-state index in [1.54, 1.807) is 24.5 Å². The van der Waals surface area contributed by atoms with Crippen LogP contribution in [0, 0.1) is 13.8 Å². The van der Waals surface area contributed by atoms with Crippen LogP contribution in [0.25, 0.3) is 11.0 Å². The van der Waals surface area contributed by atoms with Crippen LogP contribution in [0.3, 0.4) is 0 Å². The number of hydrogen-bond acceptors (Lipinski definition) is 4. The molecule has 2 heterocycles. The number of aromatic nitrogens is 1. The minimum absolute atomic E-state index is 0.115. The van der Waals surface area contributed by atoms with Gasteiger partial charge in [0.1, 0.15) is 23.3 Å². The van der Waals surface area contributed by atoms with E-state index in [1.807, 2.05) is 32.0 Å². The topological polar surface area (TPSA) is 75.4 Å². The van der Waals surface area contributed by atoms with E-state index >= 15 is 0 Å². The molecule has 1 aliphatic carbocycles. The average Bonchev–Trinajstić information content (AvgIpc) is 3.11. The SMILES string of the molecule is Cc1oc2ccc(N(C(=O)CCl)C(C(=O)NC3CCCCC3)c3cccnc3)cc2c1C. The molecule has 6 nitrogen and oxygen atoms in total. The van der Waals surface area contributed by atoms with Crippen molar-refractivity contribution in [1.29, 1.82) is 0 Å². The molecule has 0 aliphatic heterocycles. The molecule has 1 saturated carbocycles. The van der Waals surface area contributed by atoms with Gasteiger partial charge in [0.2, 0.25) is 11.8 Å². The number of benzene rings is 1. The van der Waals surface area contributed by atoms with Crippen molar-refractivity contribution in [3.05, 3.63) is 59.6 Å². The Kier molecular flexibility index (Phi) is 6.80. The van der Waals surface area contributed by atoms with Crippen LogP contribution >= 0.6 is 11.6 Å². The van der Waals surface area contributed by atoms with Gasteiger partial charge in [0, 0.05) is 35.1 Å². The summed E-state index contributed by atoms with van der Waals surface area (Å²) in [6.45, 7) is 3.89. The van der Waals surface area contributed by atoms with Gasteiger partial charge in [0.25, 0.3) is 0 Å². The molecule has 168 valence electrons. The minimum Gasteiger partial charge on any atom is -0.461 e. The van der Waals surface area contributed by atoms with Gasteiger partial charge in [-0.05, 0) is 56.5 Å². The minimum atomic E-state index is -0.873. The largest absolute Gasteiger partial charge is 0.461 e. The van der Waals surface area contributed by atoms with Crippen molar-refractivity contribution < 1.29 is 14.0 Å². The van der Waals surface area contributed by atoms with Crippen LogP contribution in [0.1, 0.15) is 55.0 Å². The summed E-state index contributed by atoms with van der Waals surface area (Å²) < 4.78 is 5.79. The van der Waals surface area contributed by atoms with E-state index in [9.17, 15) is 9.59 Å². The second-order valence-electron chi connectivity index (χ2n) is 8.39. The van der Waals surface area contributed by atoms with Crippen molar-refractivity contribution in [2.45, 2.75) is 58.0 Å². The van der Waals surface area contributed by atoms with Gasteiger partial charge in [0.05, 0.1) is 0 Å². The number of furan rings is 1. The first-order valence-electron chi connectivity index (χ1n) is 11.1. The molecular formula is C25H28ClN3O3. The Morgan fingerprint density at radius 3 is 2.69 bits per heavy atom. The summed E-state index contributed by atoms with van der Waals surface area (Å²) in [5.74, 6) is 0.0147. The number of pyridine rings is 1. The molecule has 0 bridgehead atoms. The molecule has 1 atom stereocenters. The Balaban J connectivity index is 1.78. The third-order valence-corrected chi connectivity index (χ3v) is 6.51. The van der Waals surface area contributed by atoms with Gasteiger partial charge >= 0.3 is 0 Å². The third-order valence-electron chi connectivity index (χ3n) is 6.28. The molecule has 32 heavy (non-hydrogen) atoms. The lowest BCUT2D eigenvalue weighted by Gasteiger charge is -2.33. The first-order chi connectivity index (χ1) is 15.5. The molecule has 1 aliphatic rings. The molecular weight excluding hydrogens is 426 g/mol. The fraction of sp³-hybridized carbons (Fsp3) is 0.400. The quantitative estimate of drug-likeness (QED) is 0.520. The van der Waals surface area contributed by atoms with Crippen LogP contribution in [0.4, 0.5) is 5.69 Å². The normalized spacial score (nSPS) is 15.5. The number of carbonyl (C=O) groups excluding carboxylic acids is 2. The maximum absolute atomic E-state index is 13.6. The summed E-state index contributed by atoms with van der Waals surface area (Å²) >= 11 is 6.02. The summed E-state index contributed by atoms with van der Waals surface area (Å²) in [6.07, 6.45) is 8.58. The van der Waals surface area contributed by atoms with Crippen LogP contribution in [-0.2, 0) is 9.59 Å². The predicted octanol–water partition coefficient (Wildman–Crippen LogP) is 5.21. The van der Waals surface area contributed by atoms with E-state index in [2.05, 4.69) is 10.3 Å². The Labute approximate surface area is 192 Å². The van der Waals surface area contributed by atoms with Crippen LogP contribution in [0.5, 0.6) is 0 Å². The maximum Gasteiger partial charge on any atom is 0.248 e. The van der Waals surface area contributed by atoms with Gasteiger partial charge in [-0.3, -0.25) is 19.5 Å². The molecule has 0 radical (unpaired) electrons. The highest BCUT2D eigenvalue weighted by Crippen LogP contribution is 2.33. The maximum atomic E-state index is 13.6. The number of hydrogen-bond donors (Lipinski definition) is 1. The molecule has 0 spiro atoms. The summed E-state index contributed by atoms with van der Waals surface area (Å²) in [5, 5.41) is 4.08. The van der Waals surface area contributed by atoms with E-state index in [0.29, 0.717) is 11.3 Å². The van der Waals surface area contributed by atoms with E-state index in [1.165, 1.54) is 11.3 Å². The van der Waals surface area contributed by atoms with Gasteiger partial charge in [-0.1, -0.05) is 25.3 Å². The van der Waals surface area contributed by atoms with Crippen LogP contribution < -0.4 is 10.2 Å². The molecule has 0 saturated heterocycles. The second kappa shape index (κ2) is 9.74. The molecule has 1 fully saturated rings. The fourth-order valence-corrected chi connectivity index (χ4v) is 4.59. The number of rotatable bonds is 6. The number of fused-ring (bicyclic) bond motifs is 1. The fourth-order valence-electron chi connectivity index (χ4n) is 4.46. The van der Waals surface area contributed by atoms with Gasteiger partial charge < -0.3 is 9.73 Å². The molecule has 1 aromatic carbocycles. The number of alkyl halides is 1. The van der Waals surface area contributed by atoms with E-state index < -0.39 is 6.04 Å². The van der Waals surface area contributed by atoms with Crippen LogP contribution in [0.2, 0.25) is 0 Å². The molecule has 1 N–H and O–H groups in total. The third kappa shape index (κ3) is 4.51. The zero-order valence-electron chi connectivity index (χ0n) is 18.4. The molecule has 2 amide bonds. The number of carbonyl (C=O) groups is 2. The van der Waals surface area contributed by atoms with Crippen molar-refractivity contribution >= 4 is 40.1 Å². The number of halogens is 1. The highest BCUT2D eigenvalue weighted by atomic mass is 35.5. The van der Waals surface area contributed by atoms with E-state index in [4.69, 9.17) is 16.0 Å². The zero-order chi connectivity index (χ0) is 22.7. The van der Waals surface area contributed by atoms with Crippen LogP contribution in [0.15, 0.2) is 47.1 Å². The van der Waals surface area contributed by atoms with Crippen molar-refractivity contribution in [2.75, 3.05) is 10.8 Å². The Hall–Kier alpha value is -2.86. The second-order valence-corrected chi connectivity index (χ2v) is 8.66. The number of anilines is 1. The molecule has 1 unspecified atom stereocenters. The monoisotopic (exact) mass is 453 g/mol. The number of nitrogens with one attached hydrogen (secondary N) is 1. The Morgan fingerprint density at radius 2 is 2.00 bits per heavy atom. The summed E-state index contributed by atoms with van der Waals surface area (Å²) in [7, 11) is 0. The number of nitrogens with zero attached hydrogens (tertiary/aromatic N) is 2. The zero-order valence-corrected chi connectivity index (χ0v) is 19.2. The summed E-state index contributed by atoms with van der Waals surface area (Å²) in [6, 6.07) is 8.35. The summed E-state index contributed by atoms with van der Waals surface area (Å²) in [4.78, 5) is 32.4. The lowest BCUT2D eigenvalue weighted by Crippen LogP contribution is -2.47. The standard InChI is InChI=1S/C25H28ClN3O3/c1-16-17(2)32-22-11-10-20(13-21(16)22)29(23(30)14-26)24(18-7-6-12-27-15-18)25(31)28-19-8-4-3-5-9-19/h6-7,10-13,15,19,24H,3-5,8-9,14H2,1-2H3,(H,28,31). The molecule has 4 rings (SSSR count). The van der Waals surface area contributed by atoms with Crippen molar-refractivity contribution in [3.8, 4) is 0 Å². The first-order valence-corrected chi connectivity index (χ1v) is 11.6. The van der Waals surface area contributed by atoms with Gasteiger partial charge in [-0.15, -0.1) is 11.6 Å². The molecule has 2 aromatic heterocycles. The Morgan fingerprint density at radius 1 is 1.22 bits per heavy atom. The van der Waals surface area contributed by atoms with E-state index in [0.717, 1.165) is 48.0 Å². The summed E-state index contributed by atoms with van der Waals surface area (Å²) in [5.41, 5.74) is 2.98. The van der Waals surface area contributed by atoms with Gasteiger partial charge in [-0.2, -0.15) is 0 Å². The Bertz CT molecular complexity index is 1110. The van der Waals surface area contributed by atoms with Gasteiger partial charge in [-0.25, -0.2) is 0 Å². The predicted molar refractivity (Wildman–Crippen MR) is 126 cm³/mol.